The maximum Gasteiger partial charge on any atom is 0.220 e. The molecular weight excluding hydrogens is 273 g/mol. The summed E-state index contributed by atoms with van der Waals surface area (Å²) in [6.07, 6.45) is 3.63. The molecule has 0 heterocycles. The summed E-state index contributed by atoms with van der Waals surface area (Å²) in [7, 11) is 0. The molecule has 0 aromatic carbocycles. The number of hydrogen-bond acceptors (Lipinski definition) is 2. The van der Waals surface area contributed by atoms with Gasteiger partial charge in [-0.05, 0) is 32.1 Å². The van der Waals surface area contributed by atoms with Crippen molar-refractivity contribution in [2.24, 2.45) is 5.92 Å². The standard InChI is InChI=1S/C13H23Cl2NO2/c1-3-13(8-14,9-15)16-12(17)7-10-5-11(6-10)18-4-2/h10-11H,3-9H2,1-2H3,(H,16,17). The molecule has 1 rings (SSSR count). The molecule has 1 amide bonds. The predicted molar refractivity (Wildman–Crippen MR) is 75.4 cm³/mol. The predicted octanol–water partition coefficient (Wildman–Crippen LogP) is 2.93. The quantitative estimate of drug-likeness (QED) is 0.699. The molecule has 1 aliphatic carbocycles. The van der Waals surface area contributed by atoms with E-state index in [9.17, 15) is 4.79 Å². The summed E-state index contributed by atoms with van der Waals surface area (Å²) < 4.78 is 5.48. The van der Waals surface area contributed by atoms with Crippen molar-refractivity contribution >= 4 is 29.1 Å². The molecular formula is C13H23Cl2NO2. The molecule has 0 radical (unpaired) electrons. The minimum absolute atomic E-state index is 0.0538. The van der Waals surface area contributed by atoms with Gasteiger partial charge < -0.3 is 10.1 Å². The van der Waals surface area contributed by atoms with E-state index in [4.69, 9.17) is 27.9 Å². The molecule has 0 saturated heterocycles. The first-order valence-electron chi connectivity index (χ1n) is 6.63. The molecule has 0 atom stereocenters. The van der Waals surface area contributed by atoms with Gasteiger partial charge in [-0.1, -0.05) is 6.92 Å². The Morgan fingerprint density at radius 3 is 2.39 bits per heavy atom. The fraction of sp³-hybridized carbons (Fsp3) is 0.923. The molecule has 1 aliphatic rings. The van der Waals surface area contributed by atoms with Crippen LogP contribution in [-0.4, -0.2) is 35.9 Å². The highest BCUT2D eigenvalue weighted by Gasteiger charge is 2.33. The Labute approximate surface area is 120 Å². The molecule has 0 aromatic rings. The number of nitrogens with one attached hydrogen (secondary N) is 1. The third-order valence-corrected chi connectivity index (χ3v) is 4.69. The van der Waals surface area contributed by atoms with Crippen molar-refractivity contribution in [2.45, 2.75) is 51.2 Å². The van der Waals surface area contributed by atoms with Gasteiger partial charge in [-0.15, -0.1) is 23.2 Å². The molecule has 106 valence electrons. The molecule has 0 aliphatic heterocycles. The Kier molecular flexibility index (Phi) is 6.75. The van der Waals surface area contributed by atoms with E-state index < -0.39 is 5.54 Å². The van der Waals surface area contributed by atoms with Gasteiger partial charge in [0.25, 0.3) is 0 Å². The first-order valence-corrected chi connectivity index (χ1v) is 7.70. The number of hydrogen-bond donors (Lipinski definition) is 1. The van der Waals surface area contributed by atoms with Crippen LogP contribution >= 0.6 is 23.2 Å². The van der Waals surface area contributed by atoms with Gasteiger partial charge in [0.1, 0.15) is 0 Å². The second-order valence-corrected chi connectivity index (χ2v) is 5.60. The smallest absolute Gasteiger partial charge is 0.220 e. The second kappa shape index (κ2) is 7.56. The minimum atomic E-state index is -0.455. The number of halogens is 2. The molecule has 0 spiro atoms. The summed E-state index contributed by atoms with van der Waals surface area (Å²) in [5, 5.41) is 2.98. The Morgan fingerprint density at radius 1 is 1.33 bits per heavy atom. The third kappa shape index (κ3) is 4.29. The maximum atomic E-state index is 11.9. The van der Waals surface area contributed by atoms with Gasteiger partial charge in [0.15, 0.2) is 0 Å². The summed E-state index contributed by atoms with van der Waals surface area (Å²) >= 11 is 11.8. The number of carbonyl (C=O) groups is 1. The highest BCUT2D eigenvalue weighted by Crippen LogP contribution is 2.32. The number of ether oxygens (including phenoxy) is 1. The van der Waals surface area contributed by atoms with Crippen LogP contribution < -0.4 is 5.32 Å². The molecule has 5 heteroatoms. The number of rotatable bonds is 8. The molecule has 0 unspecified atom stereocenters. The molecule has 0 bridgehead atoms. The number of alkyl halides is 2. The zero-order valence-electron chi connectivity index (χ0n) is 11.2. The Bertz CT molecular complexity index is 255. The lowest BCUT2D eigenvalue weighted by atomic mass is 9.79. The third-order valence-electron chi connectivity index (χ3n) is 3.66. The lowest BCUT2D eigenvalue weighted by Crippen LogP contribution is -2.52. The van der Waals surface area contributed by atoms with Gasteiger partial charge in [0, 0.05) is 24.8 Å². The molecule has 0 aromatic heterocycles. The number of amides is 1. The zero-order valence-corrected chi connectivity index (χ0v) is 12.7. The SMILES string of the molecule is CCOC1CC(CC(=O)NC(CC)(CCl)CCl)C1. The lowest BCUT2D eigenvalue weighted by Gasteiger charge is -2.36. The highest BCUT2D eigenvalue weighted by molar-refractivity contribution is 6.22. The zero-order chi connectivity index (χ0) is 13.6. The first kappa shape index (κ1) is 16.1. The Balaban J connectivity index is 2.30. The van der Waals surface area contributed by atoms with E-state index in [1.165, 1.54) is 0 Å². The Morgan fingerprint density at radius 2 is 1.94 bits per heavy atom. The van der Waals surface area contributed by atoms with E-state index in [1.54, 1.807) is 0 Å². The van der Waals surface area contributed by atoms with Crippen molar-refractivity contribution < 1.29 is 9.53 Å². The van der Waals surface area contributed by atoms with Crippen LogP contribution in [0.5, 0.6) is 0 Å². The van der Waals surface area contributed by atoms with Crippen LogP contribution in [-0.2, 0) is 9.53 Å². The van der Waals surface area contributed by atoms with E-state index in [0.717, 1.165) is 25.9 Å². The van der Waals surface area contributed by atoms with Gasteiger partial charge in [0.2, 0.25) is 5.91 Å². The van der Waals surface area contributed by atoms with Crippen LogP contribution in [0, 0.1) is 5.92 Å². The average Bonchev–Trinajstić information content (AvgIpc) is 2.34. The van der Waals surface area contributed by atoms with Gasteiger partial charge in [-0.3, -0.25) is 4.79 Å². The van der Waals surface area contributed by atoms with Crippen LogP contribution in [0.3, 0.4) is 0 Å². The minimum Gasteiger partial charge on any atom is -0.378 e. The van der Waals surface area contributed by atoms with Crippen molar-refractivity contribution in [3.63, 3.8) is 0 Å². The summed E-state index contributed by atoms with van der Waals surface area (Å²) in [5.74, 6) is 1.20. The molecule has 1 saturated carbocycles. The van der Waals surface area contributed by atoms with Crippen LogP contribution in [0.25, 0.3) is 0 Å². The van der Waals surface area contributed by atoms with Crippen LogP contribution in [0.1, 0.15) is 39.5 Å². The molecule has 1 fully saturated rings. The van der Waals surface area contributed by atoms with E-state index in [2.05, 4.69) is 5.32 Å². The molecule has 1 N–H and O–H groups in total. The van der Waals surface area contributed by atoms with Crippen molar-refractivity contribution in [2.75, 3.05) is 18.4 Å². The lowest BCUT2D eigenvalue weighted by molar-refractivity contribution is -0.125. The van der Waals surface area contributed by atoms with Crippen molar-refractivity contribution in [1.82, 2.24) is 5.32 Å². The normalized spacial score (nSPS) is 23.6. The first-order chi connectivity index (χ1) is 8.59. The Hall–Kier alpha value is 0.01000. The molecule has 3 nitrogen and oxygen atoms in total. The van der Waals surface area contributed by atoms with Gasteiger partial charge >= 0.3 is 0 Å². The maximum absolute atomic E-state index is 11.9. The van der Waals surface area contributed by atoms with E-state index in [1.807, 2.05) is 13.8 Å². The van der Waals surface area contributed by atoms with Crippen LogP contribution in [0.15, 0.2) is 0 Å². The topological polar surface area (TPSA) is 38.3 Å². The number of carbonyl (C=O) groups excluding carboxylic acids is 1. The highest BCUT2D eigenvalue weighted by atomic mass is 35.5. The molecule has 18 heavy (non-hydrogen) atoms. The largest absolute Gasteiger partial charge is 0.378 e. The van der Waals surface area contributed by atoms with Crippen molar-refractivity contribution in [3.8, 4) is 0 Å². The monoisotopic (exact) mass is 295 g/mol. The fourth-order valence-electron chi connectivity index (χ4n) is 2.20. The van der Waals surface area contributed by atoms with Crippen molar-refractivity contribution in [3.05, 3.63) is 0 Å². The van der Waals surface area contributed by atoms with Gasteiger partial charge in [-0.2, -0.15) is 0 Å². The van der Waals surface area contributed by atoms with Gasteiger partial charge in [-0.25, -0.2) is 0 Å². The van der Waals surface area contributed by atoms with Crippen LogP contribution in [0.4, 0.5) is 0 Å². The van der Waals surface area contributed by atoms with Gasteiger partial charge in [0.05, 0.1) is 11.6 Å². The van der Waals surface area contributed by atoms with E-state index in [-0.39, 0.29) is 5.91 Å². The van der Waals surface area contributed by atoms with Crippen LogP contribution in [0.2, 0.25) is 0 Å². The second-order valence-electron chi connectivity index (χ2n) is 5.07. The summed E-state index contributed by atoms with van der Waals surface area (Å²) in [6, 6.07) is 0. The van der Waals surface area contributed by atoms with E-state index >= 15 is 0 Å². The van der Waals surface area contributed by atoms with E-state index in [0.29, 0.717) is 30.2 Å². The summed E-state index contributed by atoms with van der Waals surface area (Å²) in [4.78, 5) is 11.9. The fourth-order valence-corrected chi connectivity index (χ4v) is 3.00. The summed E-state index contributed by atoms with van der Waals surface area (Å²) in [5.41, 5.74) is -0.455. The van der Waals surface area contributed by atoms with Crippen molar-refractivity contribution in [1.29, 1.82) is 0 Å². The average molecular weight is 296 g/mol. The summed E-state index contributed by atoms with van der Waals surface area (Å²) in [6.45, 7) is 4.73.